The maximum absolute atomic E-state index is 13.3. The topological polar surface area (TPSA) is 211 Å². The first-order chi connectivity index (χ1) is 35.9. The number of amides is 4. The molecule has 0 bridgehead atoms. The van der Waals surface area contributed by atoms with Crippen molar-refractivity contribution in [3.63, 3.8) is 0 Å². The van der Waals surface area contributed by atoms with Crippen LogP contribution in [0, 0.1) is 6.92 Å². The largest absolute Gasteiger partial charge is 0.494 e. The first-order valence-electron chi connectivity index (χ1n) is 24.8. The van der Waals surface area contributed by atoms with Crippen LogP contribution in [0.1, 0.15) is 88.2 Å². The highest BCUT2D eigenvalue weighted by atomic mass is 19.4. The Labute approximate surface area is 426 Å². The van der Waals surface area contributed by atoms with E-state index in [2.05, 4.69) is 35.8 Å². The molecule has 2 fully saturated rings. The van der Waals surface area contributed by atoms with Crippen LogP contribution in [0.4, 0.5) is 24.5 Å². The number of aryl methyl sites for hydroxylation is 2. The predicted molar refractivity (Wildman–Crippen MR) is 263 cm³/mol. The number of hydrogen-bond donors (Lipinski definition) is 2. The minimum Gasteiger partial charge on any atom is -0.494 e. The molecular formula is C52H60F3N9O10. The number of rotatable bonds is 26. The summed E-state index contributed by atoms with van der Waals surface area (Å²) in [4.78, 5) is 62.5. The van der Waals surface area contributed by atoms with Crippen molar-refractivity contribution in [1.29, 1.82) is 0 Å². The number of piperidine rings is 1. The van der Waals surface area contributed by atoms with Gasteiger partial charge in [-0.1, -0.05) is 30.5 Å². The van der Waals surface area contributed by atoms with Gasteiger partial charge in [0.2, 0.25) is 17.7 Å². The monoisotopic (exact) mass is 1030 g/mol. The zero-order chi connectivity index (χ0) is 51.9. The van der Waals surface area contributed by atoms with E-state index >= 15 is 0 Å². The number of anilines is 2. The van der Waals surface area contributed by atoms with Crippen molar-refractivity contribution in [2.24, 2.45) is 0 Å². The Balaban J connectivity index is 0.665. The van der Waals surface area contributed by atoms with Gasteiger partial charge in [0, 0.05) is 66.7 Å². The highest BCUT2D eigenvalue weighted by Crippen LogP contribution is 2.35. The number of pyridine rings is 2. The van der Waals surface area contributed by atoms with Crippen LogP contribution in [-0.2, 0) is 54.4 Å². The van der Waals surface area contributed by atoms with Crippen LogP contribution in [0.2, 0.25) is 0 Å². The zero-order valence-electron chi connectivity index (χ0n) is 41.2. The molecule has 74 heavy (non-hydrogen) atoms. The standard InChI is InChI=1S/C52H60F3N9O10/c1-35-44(29-40(31-56-35)58-48(66)36-8-7-9-39(26-36)52(53,54)55)37-28-46(62-15-18-69-19-16-62)50(57-30-37)74-25-24-71-21-20-70-22-23-72-34-41-33-63(61-60-41)14-5-3-2-4-6-17-73-42-10-11-43-38(27-42)32-64(51(43)68)45-12-13-47(65)59-49(45)67/h7-11,26-31,33,45H,2-6,12-25,32,34H2,1H3,(H,58,66)(H,59,65,67). The van der Waals surface area contributed by atoms with Gasteiger partial charge in [0.1, 0.15) is 29.8 Å². The number of hydrogen-bond acceptors (Lipinski definition) is 15. The molecule has 5 aromatic rings. The Morgan fingerprint density at radius 1 is 0.838 bits per heavy atom. The van der Waals surface area contributed by atoms with Crippen molar-refractivity contribution in [3.8, 4) is 22.8 Å². The van der Waals surface area contributed by atoms with Gasteiger partial charge >= 0.3 is 6.18 Å². The molecule has 8 rings (SSSR count). The maximum Gasteiger partial charge on any atom is 0.416 e. The van der Waals surface area contributed by atoms with E-state index in [1.165, 1.54) is 23.2 Å². The number of halogens is 3. The molecule has 2 aromatic carbocycles. The molecule has 6 heterocycles. The van der Waals surface area contributed by atoms with Gasteiger partial charge in [-0.05, 0) is 80.3 Å². The minimum atomic E-state index is -4.58. The van der Waals surface area contributed by atoms with Crippen LogP contribution in [-0.4, -0.2) is 132 Å². The lowest BCUT2D eigenvalue weighted by atomic mass is 10.0. The number of carbonyl (C=O) groups is 4. The van der Waals surface area contributed by atoms with Gasteiger partial charge in [0.05, 0.1) is 83.1 Å². The third-order valence-electron chi connectivity index (χ3n) is 12.6. The molecule has 3 aromatic heterocycles. The van der Waals surface area contributed by atoms with Crippen molar-refractivity contribution in [2.75, 3.05) is 82.8 Å². The SMILES string of the molecule is Cc1ncc(NC(=O)c2cccc(C(F)(F)F)c2)cc1-c1cnc(OCCOCCOCCOCc2cn(CCCCCCCOc3ccc4c(c3)CN(C3CCC(=O)NC3=O)C4=O)nn2)c(N2CCOCC2)c1. The number of imide groups is 1. The summed E-state index contributed by atoms with van der Waals surface area (Å²) in [6.07, 6.45) is 5.95. The summed E-state index contributed by atoms with van der Waals surface area (Å²) in [7, 11) is 0. The molecule has 0 radical (unpaired) electrons. The summed E-state index contributed by atoms with van der Waals surface area (Å²) in [5.74, 6) is -0.514. The van der Waals surface area contributed by atoms with Crippen molar-refractivity contribution in [1.82, 2.24) is 35.2 Å². The molecule has 1 atom stereocenters. The second-order valence-electron chi connectivity index (χ2n) is 18.0. The second-order valence-corrected chi connectivity index (χ2v) is 18.0. The number of nitrogens with zero attached hydrogens (tertiary/aromatic N) is 7. The maximum atomic E-state index is 13.3. The molecule has 2 N–H and O–H groups in total. The Morgan fingerprint density at radius 3 is 2.41 bits per heavy atom. The van der Waals surface area contributed by atoms with E-state index in [4.69, 9.17) is 28.4 Å². The van der Waals surface area contributed by atoms with Crippen molar-refractivity contribution >= 4 is 35.0 Å². The number of aromatic nitrogens is 5. The van der Waals surface area contributed by atoms with E-state index in [0.717, 1.165) is 67.7 Å². The third kappa shape index (κ3) is 14.6. The number of alkyl halides is 3. The highest BCUT2D eigenvalue weighted by molar-refractivity contribution is 6.06. The average molecular weight is 1030 g/mol. The fourth-order valence-corrected chi connectivity index (χ4v) is 8.73. The third-order valence-corrected chi connectivity index (χ3v) is 12.6. The van der Waals surface area contributed by atoms with Gasteiger partial charge in [0.25, 0.3) is 11.8 Å². The smallest absolute Gasteiger partial charge is 0.416 e. The number of ether oxygens (including phenoxy) is 6. The number of unbranched alkanes of at least 4 members (excludes halogenated alkanes) is 4. The Bertz CT molecular complexity index is 2730. The predicted octanol–water partition coefficient (Wildman–Crippen LogP) is 6.57. The Hall–Kier alpha value is -7.01. The number of benzene rings is 2. The molecule has 0 saturated carbocycles. The molecule has 0 aliphatic carbocycles. The number of fused-ring (bicyclic) bond motifs is 1. The van der Waals surface area contributed by atoms with Gasteiger partial charge in [-0.3, -0.25) is 34.2 Å². The number of carbonyl (C=O) groups excluding carboxylic acids is 4. The van der Waals surface area contributed by atoms with Crippen LogP contribution < -0.4 is 25.0 Å². The summed E-state index contributed by atoms with van der Waals surface area (Å²) in [6, 6.07) is 12.7. The normalized spacial score (nSPS) is 15.8. The molecule has 3 aliphatic heterocycles. The number of nitrogens with one attached hydrogen (secondary N) is 2. The molecule has 4 amide bonds. The van der Waals surface area contributed by atoms with E-state index in [1.54, 1.807) is 24.4 Å². The molecule has 22 heteroatoms. The number of morpholine rings is 1. The van der Waals surface area contributed by atoms with Crippen molar-refractivity contribution < 1.29 is 60.8 Å². The Kier molecular flexibility index (Phi) is 18.6. The summed E-state index contributed by atoms with van der Waals surface area (Å²) in [5, 5.41) is 13.4. The lowest BCUT2D eigenvalue weighted by molar-refractivity contribution is -0.138. The van der Waals surface area contributed by atoms with E-state index in [9.17, 15) is 32.3 Å². The molecule has 2 saturated heterocycles. The van der Waals surface area contributed by atoms with Gasteiger partial charge < -0.3 is 43.5 Å². The lowest BCUT2D eigenvalue weighted by Gasteiger charge is -2.30. The van der Waals surface area contributed by atoms with Gasteiger partial charge in [-0.2, -0.15) is 13.2 Å². The molecule has 1 unspecified atom stereocenters. The van der Waals surface area contributed by atoms with Crippen LogP contribution in [0.15, 0.2) is 73.2 Å². The van der Waals surface area contributed by atoms with Gasteiger partial charge in [-0.25, -0.2) is 4.98 Å². The quantitative estimate of drug-likeness (QED) is 0.0443. The zero-order valence-corrected chi connectivity index (χ0v) is 41.2. The minimum absolute atomic E-state index is 0.130. The molecular weight excluding hydrogens is 968 g/mol. The van der Waals surface area contributed by atoms with Crippen LogP contribution in [0.5, 0.6) is 11.6 Å². The van der Waals surface area contributed by atoms with Crippen LogP contribution >= 0.6 is 0 Å². The molecule has 19 nitrogen and oxygen atoms in total. The molecule has 394 valence electrons. The van der Waals surface area contributed by atoms with E-state index < -0.39 is 29.6 Å². The van der Waals surface area contributed by atoms with Gasteiger partial charge in [-0.15, -0.1) is 5.10 Å². The van der Waals surface area contributed by atoms with Crippen LogP contribution in [0.3, 0.4) is 0 Å². The average Bonchev–Trinajstić information content (AvgIpc) is 3.99. The van der Waals surface area contributed by atoms with E-state index in [0.29, 0.717) is 125 Å². The lowest BCUT2D eigenvalue weighted by Crippen LogP contribution is -2.52. The van der Waals surface area contributed by atoms with Crippen LogP contribution in [0.25, 0.3) is 11.1 Å². The summed E-state index contributed by atoms with van der Waals surface area (Å²) >= 11 is 0. The first-order valence-corrected chi connectivity index (χ1v) is 24.8. The molecule has 0 spiro atoms. The summed E-state index contributed by atoms with van der Waals surface area (Å²) < 4.78 is 76.4. The summed E-state index contributed by atoms with van der Waals surface area (Å²) in [5.41, 5.74) is 4.20. The highest BCUT2D eigenvalue weighted by Gasteiger charge is 2.39. The van der Waals surface area contributed by atoms with E-state index in [-0.39, 0.29) is 30.4 Å². The first kappa shape index (κ1) is 53.3. The second kappa shape index (κ2) is 25.8. The van der Waals surface area contributed by atoms with Crippen molar-refractivity contribution in [2.45, 2.75) is 83.8 Å². The molecule has 3 aliphatic rings. The fourth-order valence-electron chi connectivity index (χ4n) is 8.73. The van der Waals surface area contributed by atoms with Gasteiger partial charge in [0.15, 0.2) is 0 Å². The van der Waals surface area contributed by atoms with E-state index in [1.807, 2.05) is 29.9 Å². The Morgan fingerprint density at radius 2 is 1.61 bits per heavy atom. The van der Waals surface area contributed by atoms with Crippen molar-refractivity contribution in [3.05, 3.63) is 107 Å². The summed E-state index contributed by atoms with van der Waals surface area (Å²) in [6.45, 7) is 8.13. The fraction of sp³-hybridized carbons (Fsp3) is 0.462.